The van der Waals surface area contributed by atoms with Crippen LogP contribution in [-0.4, -0.2) is 10.9 Å². The Kier molecular flexibility index (Phi) is 3.66. The molecule has 2 aromatic carbocycles. The number of rotatable bonds is 2. The maximum Gasteiger partial charge on any atom is 0.249 e. The van der Waals surface area contributed by atoms with E-state index in [9.17, 15) is 9.59 Å². The maximum atomic E-state index is 11.9. The zero-order chi connectivity index (χ0) is 16.4. The van der Waals surface area contributed by atoms with Gasteiger partial charge < -0.3 is 4.98 Å². The number of nitrogens with zero attached hydrogens (tertiary/aromatic N) is 3. The Bertz CT molecular complexity index is 1030. The van der Waals surface area contributed by atoms with E-state index in [1.165, 1.54) is 6.07 Å². The summed E-state index contributed by atoms with van der Waals surface area (Å²) in [4.78, 5) is 28.8. The topological polar surface area (TPSA) is 98.7 Å². The lowest BCUT2D eigenvalue weighted by Gasteiger charge is -2.09. The summed E-state index contributed by atoms with van der Waals surface area (Å²) < 4.78 is 0. The van der Waals surface area contributed by atoms with Crippen LogP contribution < -0.4 is 5.56 Å². The maximum absolute atomic E-state index is 11.9. The van der Waals surface area contributed by atoms with Gasteiger partial charge in [-0.2, -0.15) is 0 Å². The number of fused-ring (bicyclic) bond motifs is 1. The minimum absolute atomic E-state index is 0.151. The van der Waals surface area contributed by atoms with E-state index in [1.807, 2.05) is 25.1 Å². The lowest BCUT2D eigenvalue weighted by Crippen LogP contribution is -2.05. The van der Waals surface area contributed by atoms with Crippen LogP contribution in [0.1, 0.15) is 15.9 Å². The number of hydrogen-bond donors (Lipinski definition) is 1. The third kappa shape index (κ3) is 2.71. The van der Waals surface area contributed by atoms with Gasteiger partial charge >= 0.3 is 0 Å². The minimum atomic E-state index is -0.624. The molecule has 6 nitrogen and oxygen atoms in total. The second kappa shape index (κ2) is 5.79. The van der Waals surface area contributed by atoms with E-state index >= 15 is 0 Å². The number of pyridine rings is 1. The van der Waals surface area contributed by atoms with Gasteiger partial charge in [-0.3, -0.25) is 9.59 Å². The zero-order valence-corrected chi connectivity index (χ0v) is 12.3. The monoisotopic (exact) mass is 304 g/mol. The number of aromatic amines is 1. The van der Waals surface area contributed by atoms with Crippen molar-refractivity contribution >= 4 is 16.8 Å². The number of H-pyrrole nitrogens is 1. The lowest BCUT2D eigenvalue weighted by atomic mass is 9.97. The molecule has 6 heteroatoms. The van der Waals surface area contributed by atoms with E-state index in [4.69, 9.17) is 5.53 Å². The fraction of sp³-hybridized carbons (Fsp3) is 0.0588. The van der Waals surface area contributed by atoms with Gasteiger partial charge in [0.2, 0.25) is 11.5 Å². The number of hydrogen-bond acceptors (Lipinski definition) is 2. The van der Waals surface area contributed by atoms with Crippen molar-refractivity contribution < 1.29 is 4.79 Å². The number of amides is 1. The predicted octanol–water partition coefficient (Wildman–Crippen LogP) is 3.95. The highest BCUT2D eigenvalue weighted by Crippen LogP contribution is 2.28. The van der Waals surface area contributed by atoms with Gasteiger partial charge in [-0.25, -0.2) is 0 Å². The summed E-state index contributed by atoms with van der Waals surface area (Å²) in [7, 11) is 0. The van der Waals surface area contributed by atoms with Crippen molar-refractivity contribution in [3.05, 3.63) is 80.5 Å². The van der Waals surface area contributed by atoms with Gasteiger partial charge in [0.15, 0.2) is 0 Å². The summed E-state index contributed by atoms with van der Waals surface area (Å²) in [5, 5.41) is 4.06. The molecule has 0 aliphatic rings. The number of aromatic nitrogens is 1. The lowest BCUT2D eigenvalue weighted by molar-refractivity contribution is 0.100. The van der Waals surface area contributed by atoms with Gasteiger partial charge in [-0.1, -0.05) is 30.3 Å². The van der Waals surface area contributed by atoms with Crippen molar-refractivity contribution in [3.63, 3.8) is 0 Å². The largest absolute Gasteiger partial charge is 0.322 e. The summed E-state index contributed by atoms with van der Waals surface area (Å²) in [5.41, 5.74) is 11.7. The quantitative estimate of drug-likeness (QED) is 0.440. The Morgan fingerprint density at radius 3 is 2.74 bits per heavy atom. The molecule has 3 aromatic rings. The average Bonchev–Trinajstić information content (AvgIpc) is 2.55. The molecule has 0 atom stereocenters. The molecule has 3 rings (SSSR count). The van der Waals surface area contributed by atoms with Gasteiger partial charge in [0, 0.05) is 27.4 Å². The van der Waals surface area contributed by atoms with E-state index in [2.05, 4.69) is 15.0 Å². The molecule has 112 valence electrons. The van der Waals surface area contributed by atoms with Crippen molar-refractivity contribution in [3.8, 4) is 11.1 Å². The van der Waals surface area contributed by atoms with E-state index in [0.717, 1.165) is 22.0 Å². The Morgan fingerprint density at radius 2 is 1.96 bits per heavy atom. The number of nitrogens with one attached hydrogen (secondary N) is 1. The van der Waals surface area contributed by atoms with Gasteiger partial charge in [-0.05, 0) is 46.4 Å². The number of carbonyl (C=O) groups is 1. The van der Waals surface area contributed by atoms with Gasteiger partial charge in [0.25, 0.3) is 0 Å². The Hall–Kier alpha value is -3.37. The number of benzene rings is 2. The van der Waals surface area contributed by atoms with Crippen LogP contribution in [0.25, 0.3) is 32.5 Å². The molecule has 0 fully saturated rings. The van der Waals surface area contributed by atoms with Crippen LogP contribution in [-0.2, 0) is 0 Å². The SMILES string of the molecule is Cc1cc(=O)[nH]c2ccc(-c3ccccc3C(=O)N=[N+]=[N-])cc12. The first kappa shape index (κ1) is 14.6. The molecule has 0 spiro atoms. The van der Waals surface area contributed by atoms with Crippen LogP contribution >= 0.6 is 0 Å². The average molecular weight is 304 g/mol. The molecule has 1 amide bonds. The van der Waals surface area contributed by atoms with Crippen LogP contribution in [0.5, 0.6) is 0 Å². The van der Waals surface area contributed by atoms with E-state index in [0.29, 0.717) is 11.1 Å². The second-order valence-electron chi connectivity index (χ2n) is 5.12. The highest BCUT2D eigenvalue weighted by Gasteiger charge is 2.12. The summed E-state index contributed by atoms with van der Waals surface area (Å²) in [6.45, 7) is 1.86. The van der Waals surface area contributed by atoms with Gasteiger partial charge in [0.1, 0.15) is 0 Å². The number of aryl methyl sites for hydroxylation is 1. The molecule has 23 heavy (non-hydrogen) atoms. The molecule has 0 aliphatic heterocycles. The molecule has 0 saturated heterocycles. The molecule has 0 unspecified atom stereocenters. The van der Waals surface area contributed by atoms with E-state index in [1.54, 1.807) is 24.3 Å². The molecule has 0 saturated carbocycles. The smallest absolute Gasteiger partial charge is 0.249 e. The molecule has 0 bridgehead atoms. The predicted molar refractivity (Wildman–Crippen MR) is 88.2 cm³/mol. The van der Waals surface area contributed by atoms with Crippen molar-refractivity contribution in [1.29, 1.82) is 0 Å². The van der Waals surface area contributed by atoms with Crippen LogP contribution in [0.3, 0.4) is 0 Å². The standard InChI is InChI=1S/C17H12N4O2/c1-10-8-16(22)19-15-7-6-11(9-14(10)15)12-4-2-3-5-13(12)17(23)20-21-18/h2-9H,1H3,(H,19,22). The van der Waals surface area contributed by atoms with Gasteiger partial charge in [-0.15, -0.1) is 0 Å². The highest BCUT2D eigenvalue weighted by molar-refractivity contribution is 6.02. The van der Waals surface area contributed by atoms with Crippen molar-refractivity contribution in [2.45, 2.75) is 6.92 Å². The zero-order valence-electron chi connectivity index (χ0n) is 12.3. The Labute approximate surface area is 131 Å². The Morgan fingerprint density at radius 1 is 1.17 bits per heavy atom. The van der Waals surface area contributed by atoms with Crippen LogP contribution in [0, 0.1) is 6.92 Å². The normalized spacial score (nSPS) is 10.3. The molecular formula is C17H12N4O2. The first-order valence-corrected chi connectivity index (χ1v) is 6.92. The van der Waals surface area contributed by atoms with E-state index < -0.39 is 5.91 Å². The summed E-state index contributed by atoms with van der Waals surface area (Å²) in [5.74, 6) is -0.624. The number of azide groups is 1. The molecule has 0 radical (unpaired) electrons. The van der Waals surface area contributed by atoms with Crippen LogP contribution in [0.4, 0.5) is 0 Å². The summed E-state index contributed by atoms with van der Waals surface area (Å²) in [6.07, 6.45) is 0. The molecular weight excluding hydrogens is 292 g/mol. The van der Waals surface area contributed by atoms with Crippen LogP contribution in [0.15, 0.2) is 58.4 Å². The van der Waals surface area contributed by atoms with Gasteiger partial charge in [0.05, 0.1) is 0 Å². The molecule has 1 heterocycles. The van der Waals surface area contributed by atoms with Crippen molar-refractivity contribution in [2.24, 2.45) is 5.11 Å². The van der Waals surface area contributed by atoms with Crippen LogP contribution in [0.2, 0.25) is 0 Å². The van der Waals surface area contributed by atoms with E-state index in [-0.39, 0.29) is 5.56 Å². The first-order chi connectivity index (χ1) is 11.1. The fourth-order valence-electron chi connectivity index (χ4n) is 2.61. The summed E-state index contributed by atoms with van der Waals surface area (Å²) >= 11 is 0. The second-order valence-corrected chi connectivity index (χ2v) is 5.12. The third-order valence-electron chi connectivity index (χ3n) is 3.65. The molecule has 0 aliphatic carbocycles. The number of carbonyl (C=O) groups excluding carboxylic acids is 1. The molecule has 1 aromatic heterocycles. The molecule has 1 N–H and O–H groups in total. The minimum Gasteiger partial charge on any atom is -0.322 e. The first-order valence-electron chi connectivity index (χ1n) is 6.92. The Balaban J connectivity index is 2.24. The highest BCUT2D eigenvalue weighted by atomic mass is 16.1. The third-order valence-corrected chi connectivity index (χ3v) is 3.65. The summed E-state index contributed by atoms with van der Waals surface area (Å²) in [6, 6.07) is 14.0. The fourth-order valence-corrected chi connectivity index (χ4v) is 2.61. The van der Waals surface area contributed by atoms with Crippen molar-refractivity contribution in [1.82, 2.24) is 4.98 Å². The van der Waals surface area contributed by atoms with Crippen molar-refractivity contribution in [2.75, 3.05) is 0 Å².